The Morgan fingerprint density at radius 2 is 2.12 bits per heavy atom. The zero-order chi connectivity index (χ0) is 12.3. The van der Waals surface area contributed by atoms with Crippen molar-refractivity contribution in [3.63, 3.8) is 0 Å². The van der Waals surface area contributed by atoms with Crippen LogP contribution in [0.5, 0.6) is 0 Å². The largest absolute Gasteiger partial charge is 0.349 e. The molecule has 1 amide bonds. The number of hydrogen-bond acceptors (Lipinski definition) is 1. The Balaban J connectivity index is 2.01. The van der Waals surface area contributed by atoms with E-state index in [1.807, 2.05) is 0 Å². The van der Waals surface area contributed by atoms with Crippen molar-refractivity contribution in [2.75, 3.05) is 0 Å². The van der Waals surface area contributed by atoms with E-state index in [1.54, 1.807) is 12.1 Å². The van der Waals surface area contributed by atoms with E-state index in [0.717, 1.165) is 12.8 Å². The fourth-order valence-electron chi connectivity index (χ4n) is 2.41. The van der Waals surface area contributed by atoms with Gasteiger partial charge < -0.3 is 5.32 Å². The molecule has 0 aliphatic heterocycles. The van der Waals surface area contributed by atoms with Crippen LogP contribution in [-0.2, 0) is 0 Å². The Hall–Kier alpha value is -1.38. The molecule has 0 spiro atoms. The molecule has 2 nitrogen and oxygen atoms in total. The Morgan fingerprint density at radius 1 is 1.35 bits per heavy atom. The second-order valence-electron chi connectivity index (χ2n) is 4.85. The van der Waals surface area contributed by atoms with E-state index in [0.29, 0.717) is 11.5 Å². The lowest BCUT2D eigenvalue weighted by Gasteiger charge is -2.29. The number of carbonyl (C=O) groups is 1. The van der Waals surface area contributed by atoms with E-state index in [1.165, 1.54) is 25.0 Å². The SMILES string of the molecule is CC1CCCCC1NC(=O)c1cccc(F)c1. The van der Waals surface area contributed by atoms with Gasteiger partial charge in [-0.05, 0) is 37.0 Å². The molecule has 0 heterocycles. The molecule has 1 saturated carbocycles. The predicted octanol–water partition coefficient (Wildman–Crippen LogP) is 3.13. The number of rotatable bonds is 2. The highest BCUT2D eigenvalue weighted by atomic mass is 19.1. The first-order valence-electron chi connectivity index (χ1n) is 6.23. The number of nitrogens with one attached hydrogen (secondary N) is 1. The van der Waals surface area contributed by atoms with Crippen molar-refractivity contribution in [1.29, 1.82) is 0 Å². The first-order chi connectivity index (χ1) is 8.16. The second kappa shape index (κ2) is 5.30. The van der Waals surface area contributed by atoms with Gasteiger partial charge in [-0.2, -0.15) is 0 Å². The zero-order valence-electron chi connectivity index (χ0n) is 10.1. The van der Waals surface area contributed by atoms with Gasteiger partial charge in [0.1, 0.15) is 5.82 Å². The van der Waals surface area contributed by atoms with Crippen molar-refractivity contribution in [3.05, 3.63) is 35.6 Å². The molecule has 0 radical (unpaired) electrons. The maximum atomic E-state index is 13.0. The van der Waals surface area contributed by atoms with E-state index < -0.39 is 0 Å². The minimum Gasteiger partial charge on any atom is -0.349 e. The average Bonchev–Trinajstić information content (AvgIpc) is 2.32. The molecule has 1 N–H and O–H groups in total. The molecule has 0 bridgehead atoms. The standard InChI is InChI=1S/C14H18FNO/c1-10-5-2-3-8-13(10)16-14(17)11-6-4-7-12(15)9-11/h4,6-7,9-10,13H,2-3,5,8H2,1H3,(H,16,17). The summed E-state index contributed by atoms with van der Waals surface area (Å²) in [6.07, 6.45) is 4.60. The summed E-state index contributed by atoms with van der Waals surface area (Å²) in [5, 5.41) is 3.01. The summed E-state index contributed by atoms with van der Waals surface area (Å²) in [5.41, 5.74) is 0.405. The van der Waals surface area contributed by atoms with Gasteiger partial charge in [0.15, 0.2) is 0 Å². The van der Waals surface area contributed by atoms with Gasteiger partial charge in [-0.25, -0.2) is 4.39 Å². The molecular weight excluding hydrogens is 217 g/mol. The van der Waals surface area contributed by atoms with Crippen LogP contribution in [0.25, 0.3) is 0 Å². The molecule has 92 valence electrons. The van der Waals surface area contributed by atoms with Crippen LogP contribution < -0.4 is 5.32 Å². The minimum absolute atomic E-state index is 0.164. The van der Waals surface area contributed by atoms with Gasteiger partial charge in [-0.15, -0.1) is 0 Å². The van der Waals surface area contributed by atoms with Crippen LogP contribution in [-0.4, -0.2) is 11.9 Å². The number of carbonyl (C=O) groups excluding carboxylic acids is 1. The van der Waals surface area contributed by atoms with Crippen LogP contribution in [0.1, 0.15) is 43.0 Å². The second-order valence-corrected chi connectivity index (χ2v) is 4.85. The van der Waals surface area contributed by atoms with Crippen LogP contribution in [0.15, 0.2) is 24.3 Å². The smallest absolute Gasteiger partial charge is 0.251 e. The normalized spacial score (nSPS) is 24.4. The maximum Gasteiger partial charge on any atom is 0.251 e. The summed E-state index contributed by atoms with van der Waals surface area (Å²) in [5.74, 6) is -0.0150. The summed E-state index contributed by atoms with van der Waals surface area (Å²) in [7, 11) is 0. The molecule has 1 aliphatic carbocycles. The van der Waals surface area contributed by atoms with E-state index in [-0.39, 0.29) is 17.8 Å². The summed E-state index contributed by atoms with van der Waals surface area (Å²) >= 11 is 0. The Bertz CT molecular complexity index is 405. The maximum absolute atomic E-state index is 13.0. The topological polar surface area (TPSA) is 29.1 Å². The highest BCUT2D eigenvalue weighted by molar-refractivity contribution is 5.94. The van der Waals surface area contributed by atoms with E-state index in [9.17, 15) is 9.18 Å². The lowest BCUT2D eigenvalue weighted by Crippen LogP contribution is -2.41. The van der Waals surface area contributed by atoms with Crippen molar-refractivity contribution in [3.8, 4) is 0 Å². The minimum atomic E-state index is -0.366. The lowest BCUT2D eigenvalue weighted by molar-refractivity contribution is 0.0910. The van der Waals surface area contributed by atoms with Gasteiger partial charge in [-0.3, -0.25) is 4.79 Å². The van der Waals surface area contributed by atoms with Crippen LogP contribution in [0.4, 0.5) is 4.39 Å². The Morgan fingerprint density at radius 3 is 2.82 bits per heavy atom. The molecule has 1 fully saturated rings. The number of hydrogen-bond donors (Lipinski definition) is 1. The van der Waals surface area contributed by atoms with E-state index in [2.05, 4.69) is 12.2 Å². The van der Waals surface area contributed by atoms with Crippen LogP contribution in [0, 0.1) is 11.7 Å². The van der Waals surface area contributed by atoms with Crippen molar-refractivity contribution < 1.29 is 9.18 Å². The highest BCUT2D eigenvalue weighted by Gasteiger charge is 2.23. The Labute approximate surface area is 101 Å². The fourth-order valence-corrected chi connectivity index (χ4v) is 2.41. The fraction of sp³-hybridized carbons (Fsp3) is 0.500. The quantitative estimate of drug-likeness (QED) is 0.838. The molecule has 2 atom stereocenters. The van der Waals surface area contributed by atoms with Crippen molar-refractivity contribution in [1.82, 2.24) is 5.32 Å². The van der Waals surface area contributed by atoms with Crippen molar-refractivity contribution in [2.45, 2.75) is 38.6 Å². The van der Waals surface area contributed by atoms with Gasteiger partial charge >= 0.3 is 0 Å². The molecule has 1 aromatic rings. The van der Waals surface area contributed by atoms with Gasteiger partial charge in [0, 0.05) is 11.6 Å². The average molecular weight is 235 g/mol. The third kappa shape index (κ3) is 3.05. The number of halogens is 1. The molecule has 0 saturated heterocycles. The summed E-state index contributed by atoms with van der Waals surface area (Å²) < 4.78 is 13.0. The summed E-state index contributed by atoms with van der Waals surface area (Å²) in [6, 6.07) is 6.07. The molecule has 17 heavy (non-hydrogen) atoms. The summed E-state index contributed by atoms with van der Waals surface area (Å²) in [4.78, 5) is 11.9. The molecule has 0 aromatic heterocycles. The number of amides is 1. The van der Waals surface area contributed by atoms with Gasteiger partial charge in [-0.1, -0.05) is 25.8 Å². The molecule has 3 heteroatoms. The molecule has 1 aliphatic rings. The van der Waals surface area contributed by atoms with Crippen molar-refractivity contribution in [2.24, 2.45) is 5.92 Å². The monoisotopic (exact) mass is 235 g/mol. The van der Waals surface area contributed by atoms with Gasteiger partial charge in [0.2, 0.25) is 0 Å². The van der Waals surface area contributed by atoms with Gasteiger partial charge in [0.25, 0.3) is 5.91 Å². The molecule has 2 rings (SSSR count). The molecule has 1 aromatic carbocycles. The first-order valence-corrected chi connectivity index (χ1v) is 6.23. The van der Waals surface area contributed by atoms with Crippen molar-refractivity contribution >= 4 is 5.91 Å². The van der Waals surface area contributed by atoms with Crippen LogP contribution in [0.3, 0.4) is 0 Å². The van der Waals surface area contributed by atoms with Gasteiger partial charge in [0.05, 0.1) is 0 Å². The van der Waals surface area contributed by atoms with E-state index >= 15 is 0 Å². The number of benzene rings is 1. The zero-order valence-corrected chi connectivity index (χ0v) is 10.1. The van der Waals surface area contributed by atoms with Crippen LogP contribution >= 0.6 is 0 Å². The summed E-state index contributed by atoms with van der Waals surface area (Å²) in [6.45, 7) is 2.16. The molecular formula is C14H18FNO. The third-order valence-electron chi connectivity index (χ3n) is 3.51. The predicted molar refractivity (Wildman–Crippen MR) is 65.3 cm³/mol. The van der Waals surface area contributed by atoms with Crippen LogP contribution in [0.2, 0.25) is 0 Å². The molecule has 2 unspecified atom stereocenters. The van der Waals surface area contributed by atoms with E-state index in [4.69, 9.17) is 0 Å². The highest BCUT2D eigenvalue weighted by Crippen LogP contribution is 2.24. The lowest BCUT2D eigenvalue weighted by atomic mass is 9.86. The third-order valence-corrected chi connectivity index (χ3v) is 3.51. The Kier molecular flexibility index (Phi) is 3.77. The first kappa shape index (κ1) is 12.1.